The maximum Gasteiger partial charge on any atom is 0.392 e. The zero-order valence-electron chi connectivity index (χ0n) is 14.9. The molecule has 2 unspecified atom stereocenters. The number of nitrogens with one attached hydrogen (secondary N) is 1. The van der Waals surface area contributed by atoms with Crippen LogP contribution in [0.4, 0.5) is 13.2 Å². The number of hydrogen-bond acceptors (Lipinski definition) is 3. The quantitative estimate of drug-likeness (QED) is 0.265. The van der Waals surface area contributed by atoms with Crippen molar-refractivity contribution in [2.75, 3.05) is 7.05 Å². The lowest BCUT2D eigenvalue weighted by Gasteiger charge is -2.19. The molecule has 0 saturated heterocycles. The molecule has 0 bridgehead atoms. The van der Waals surface area contributed by atoms with Crippen LogP contribution in [0.25, 0.3) is 0 Å². The van der Waals surface area contributed by atoms with E-state index in [-0.39, 0.29) is 12.0 Å². The van der Waals surface area contributed by atoms with Gasteiger partial charge in [0.05, 0.1) is 6.42 Å². The molecule has 0 rings (SSSR count). The van der Waals surface area contributed by atoms with Crippen LogP contribution in [0, 0.1) is 17.9 Å². The van der Waals surface area contributed by atoms with Crippen molar-refractivity contribution < 1.29 is 13.2 Å². The molecule has 0 aromatic rings. The molecule has 0 spiro atoms. The number of halogens is 3. The van der Waals surface area contributed by atoms with Gasteiger partial charge in [-0.3, -0.25) is 0 Å². The Bertz CT molecular complexity index is 522. The maximum atomic E-state index is 12.3. The van der Waals surface area contributed by atoms with Gasteiger partial charge in [0.2, 0.25) is 0 Å². The van der Waals surface area contributed by atoms with E-state index in [1.807, 2.05) is 0 Å². The minimum Gasteiger partial charge on any atom is -0.349 e. The molecular weight excluding hydrogens is 327 g/mol. The highest BCUT2D eigenvalue weighted by Crippen LogP contribution is 2.22. The minimum atomic E-state index is -4.19. The highest BCUT2D eigenvalue weighted by molar-refractivity contribution is 6.08. The van der Waals surface area contributed by atoms with Gasteiger partial charge >= 0.3 is 6.18 Å². The van der Waals surface area contributed by atoms with E-state index in [0.29, 0.717) is 12.1 Å². The Hall–Kier alpha value is -2.00. The van der Waals surface area contributed by atoms with Crippen LogP contribution in [0.5, 0.6) is 0 Å². The largest absolute Gasteiger partial charge is 0.392 e. The molecule has 2 atom stereocenters. The smallest absolute Gasteiger partial charge is 0.349 e. The maximum absolute atomic E-state index is 12.3. The average molecular weight is 355 g/mol. The third kappa shape index (κ3) is 13.0. The number of nitrogens with two attached hydrogens (primary N) is 1. The van der Waals surface area contributed by atoms with Crippen molar-refractivity contribution in [2.45, 2.75) is 51.2 Å². The number of rotatable bonds is 10. The van der Waals surface area contributed by atoms with Gasteiger partial charge in [-0.2, -0.15) is 13.2 Å². The SMILES string of the molecule is C=CC(C#CNC)=N/C=C\CC(C=CCC(F)(F)F)C(N)CCCC. The Labute approximate surface area is 149 Å². The Morgan fingerprint density at radius 1 is 1.36 bits per heavy atom. The Morgan fingerprint density at radius 2 is 2.08 bits per heavy atom. The summed E-state index contributed by atoms with van der Waals surface area (Å²) < 4.78 is 36.9. The molecule has 0 aliphatic carbocycles. The lowest BCUT2D eigenvalue weighted by atomic mass is 9.92. The van der Waals surface area contributed by atoms with Crippen LogP contribution in [-0.4, -0.2) is 25.0 Å². The second kappa shape index (κ2) is 13.3. The van der Waals surface area contributed by atoms with E-state index in [1.165, 1.54) is 6.08 Å². The molecule has 0 radical (unpaired) electrons. The molecule has 0 fully saturated rings. The lowest BCUT2D eigenvalue weighted by Crippen LogP contribution is -2.28. The van der Waals surface area contributed by atoms with Gasteiger partial charge in [-0.25, -0.2) is 4.99 Å². The highest BCUT2D eigenvalue weighted by Gasteiger charge is 2.25. The van der Waals surface area contributed by atoms with E-state index < -0.39 is 12.6 Å². The minimum absolute atomic E-state index is 0.157. The van der Waals surface area contributed by atoms with E-state index in [4.69, 9.17) is 5.73 Å². The monoisotopic (exact) mass is 355 g/mol. The Kier molecular flexibility index (Phi) is 12.2. The molecule has 0 aromatic carbocycles. The summed E-state index contributed by atoms with van der Waals surface area (Å²) >= 11 is 0. The summed E-state index contributed by atoms with van der Waals surface area (Å²) in [6, 6.07) is 2.48. The van der Waals surface area contributed by atoms with Crippen molar-refractivity contribution in [3.05, 3.63) is 37.1 Å². The highest BCUT2D eigenvalue weighted by atomic mass is 19.4. The summed E-state index contributed by atoms with van der Waals surface area (Å²) in [5.41, 5.74) is 6.64. The van der Waals surface area contributed by atoms with E-state index in [9.17, 15) is 13.2 Å². The van der Waals surface area contributed by atoms with Crippen molar-refractivity contribution in [1.29, 1.82) is 0 Å². The Balaban J connectivity index is 4.88. The standard InChI is InChI=1S/C19H28F3N3/c1-4-6-11-18(23)16(9-7-13-19(20,21)22)10-8-14-25-17(5-2)12-15-24-3/h5,7-9,14,16,18,24H,2,4,6,10-11,13,23H2,1,3H3/b9-7?,14-8-,25-17?. The summed E-state index contributed by atoms with van der Waals surface area (Å²) in [7, 11) is 1.69. The second-order valence-electron chi connectivity index (χ2n) is 5.56. The van der Waals surface area contributed by atoms with Crippen LogP contribution in [0.15, 0.2) is 42.1 Å². The van der Waals surface area contributed by atoms with Gasteiger partial charge < -0.3 is 11.1 Å². The van der Waals surface area contributed by atoms with Gasteiger partial charge in [-0.15, -0.1) is 0 Å². The van der Waals surface area contributed by atoms with Crippen molar-refractivity contribution in [2.24, 2.45) is 16.6 Å². The molecule has 0 heterocycles. The average Bonchev–Trinajstić information content (AvgIpc) is 2.56. The number of hydrogen-bond donors (Lipinski definition) is 2. The van der Waals surface area contributed by atoms with Gasteiger partial charge in [0, 0.05) is 25.3 Å². The predicted molar refractivity (Wildman–Crippen MR) is 99.0 cm³/mol. The summed E-state index contributed by atoms with van der Waals surface area (Å²) in [6.07, 6.45) is 5.74. The first kappa shape index (κ1) is 23.0. The van der Waals surface area contributed by atoms with E-state index in [1.54, 1.807) is 25.4 Å². The normalized spacial score (nSPS) is 15.0. The number of allylic oxidation sites excluding steroid dienone is 3. The summed E-state index contributed by atoms with van der Waals surface area (Å²) in [4.78, 5) is 4.15. The molecule has 3 nitrogen and oxygen atoms in total. The van der Waals surface area contributed by atoms with Crippen molar-refractivity contribution in [1.82, 2.24) is 5.32 Å². The zero-order valence-corrected chi connectivity index (χ0v) is 14.9. The molecule has 0 aliphatic heterocycles. The number of nitrogens with zero attached hydrogens (tertiary/aromatic N) is 1. The predicted octanol–water partition coefficient (Wildman–Crippen LogP) is 4.34. The molecule has 0 aromatic heterocycles. The van der Waals surface area contributed by atoms with Crippen LogP contribution in [0.3, 0.4) is 0 Å². The summed E-state index contributed by atoms with van der Waals surface area (Å²) in [6.45, 7) is 5.67. The van der Waals surface area contributed by atoms with Crippen LogP contribution < -0.4 is 11.1 Å². The molecule has 25 heavy (non-hydrogen) atoms. The van der Waals surface area contributed by atoms with E-state index >= 15 is 0 Å². The number of aliphatic imine (C=N–C) groups is 1. The van der Waals surface area contributed by atoms with Crippen molar-refractivity contribution in [3.8, 4) is 12.0 Å². The van der Waals surface area contributed by atoms with E-state index in [0.717, 1.165) is 25.3 Å². The van der Waals surface area contributed by atoms with Gasteiger partial charge in [-0.05, 0) is 30.8 Å². The number of unbranched alkanes of at least 4 members (excludes halogenated alkanes) is 1. The first-order valence-electron chi connectivity index (χ1n) is 8.36. The van der Waals surface area contributed by atoms with Gasteiger partial charge in [0.1, 0.15) is 5.71 Å². The first-order chi connectivity index (χ1) is 11.8. The van der Waals surface area contributed by atoms with Crippen molar-refractivity contribution >= 4 is 5.71 Å². The third-order valence-corrected chi connectivity index (χ3v) is 3.41. The molecule has 140 valence electrons. The summed E-state index contributed by atoms with van der Waals surface area (Å²) in [5, 5.41) is 2.68. The van der Waals surface area contributed by atoms with Crippen molar-refractivity contribution in [3.63, 3.8) is 0 Å². The fourth-order valence-electron chi connectivity index (χ4n) is 2.04. The van der Waals surface area contributed by atoms with Gasteiger partial charge in [0.15, 0.2) is 0 Å². The first-order valence-corrected chi connectivity index (χ1v) is 8.36. The third-order valence-electron chi connectivity index (χ3n) is 3.41. The molecular formula is C19H28F3N3. The van der Waals surface area contributed by atoms with Gasteiger partial charge in [0.25, 0.3) is 0 Å². The lowest BCUT2D eigenvalue weighted by molar-refractivity contribution is -0.125. The van der Waals surface area contributed by atoms with Crippen LogP contribution in [0.1, 0.15) is 39.0 Å². The molecule has 0 saturated carbocycles. The fourth-order valence-corrected chi connectivity index (χ4v) is 2.04. The molecule has 0 aliphatic rings. The topological polar surface area (TPSA) is 50.4 Å². The molecule has 0 amide bonds. The summed E-state index contributed by atoms with van der Waals surface area (Å²) in [5.74, 6) is 2.61. The molecule has 6 heteroatoms. The zero-order chi connectivity index (χ0) is 19.1. The van der Waals surface area contributed by atoms with Crippen LogP contribution in [0.2, 0.25) is 0 Å². The van der Waals surface area contributed by atoms with E-state index in [2.05, 4.69) is 35.8 Å². The fraction of sp³-hybridized carbons (Fsp3) is 0.526. The van der Waals surface area contributed by atoms with Crippen LogP contribution in [-0.2, 0) is 0 Å². The van der Waals surface area contributed by atoms with Crippen LogP contribution >= 0.6 is 0 Å². The second-order valence-corrected chi connectivity index (χ2v) is 5.56. The molecule has 3 N–H and O–H groups in total. The van der Waals surface area contributed by atoms with Gasteiger partial charge in [-0.1, -0.05) is 44.6 Å². The number of alkyl halides is 3. The Morgan fingerprint density at radius 3 is 2.64 bits per heavy atom.